The van der Waals surface area contributed by atoms with Crippen LogP contribution in [0.1, 0.15) is 23.2 Å². The number of benzene rings is 1. The second-order valence-electron chi connectivity index (χ2n) is 9.11. The molecule has 34 heavy (non-hydrogen) atoms. The molecule has 1 saturated heterocycles. The Balaban J connectivity index is 0.00000274. The van der Waals surface area contributed by atoms with Crippen molar-refractivity contribution < 1.29 is 0 Å². The Morgan fingerprint density at radius 1 is 1.18 bits per heavy atom. The van der Waals surface area contributed by atoms with Crippen molar-refractivity contribution in [3.05, 3.63) is 59.4 Å². The Labute approximate surface area is 207 Å². The van der Waals surface area contributed by atoms with Gasteiger partial charge in [0.1, 0.15) is 5.82 Å². The number of halogens is 1. The first-order valence-corrected chi connectivity index (χ1v) is 11.6. The van der Waals surface area contributed by atoms with E-state index >= 15 is 0 Å². The number of nitrogens with two attached hydrogens (primary N) is 1. The maximum Gasteiger partial charge on any atom is 0.224 e. The number of aryl methyl sites for hydroxylation is 1. The summed E-state index contributed by atoms with van der Waals surface area (Å²) < 4.78 is 1.82. The van der Waals surface area contributed by atoms with Crippen molar-refractivity contribution >= 4 is 35.9 Å². The predicted molar refractivity (Wildman–Crippen MR) is 141 cm³/mol. The first-order chi connectivity index (χ1) is 16.0. The molecule has 0 amide bonds. The van der Waals surface area contributed by atoms with E-state index in [-0.39, 0.29) is 18.4 Å². The summed E-state index contributed by atoms with van der Waals surface area (Å²) in [6, 6.07) is 11.4. The molecule has 0 bridgehead atoms. The normalized spacial score (nSPS) is 17.9. The molecular formula is C25H33ClN8. The largest absolute Gasteiger partial charge is 0.368 e. The van der Waals surface area contributed by atoms with E-state index in [0.29, 0.717) is 11.9 Å². The van der Waals surface area contributed by atoms with E-state index < -0.39 is 0 Å². The fourth-order valence-corrected chi connectivity index (χ4v) is 4.90. The highest BCUT2D eigenvalue weighted by atomic mass is 35.5. The zero-order chi connectivity index (χ0) is 22.9. The Hall–Kier alpha value is -3.10. The van der Waals surface area contributed by atoms with Gasteiger partial charge in [-0.1, -0.05) is 30.4 Å². The van der Waals surface area contributed by atoms with Crippen molar-refractivity contribution in [3.8, 4) is 5.82 Å². The molecule has 1 atom stereocenters. The molecule has 0 saturated carbocycles. The lowest BCUT2D eigenvalue weighted by Crippen LogP contribution is -2.55. The third-order valence-corrected chi connectivity index (χ3v) is 6.72. The van der Waals surface area contributed by atoms with Gasteiger partial charge >= 0.3 is 0 Å². The SMILES string of the molecule is Cc1c(/C=C/CN2CCN3c4ccccc4CCC3C2)cnn1-c1cc(N(C)C)nc(N)n1.Cl. The summed E-state index contributed by atoms with van der Waals surface area (Å²) in [5, 5.41) is 4.55. The van der Waals surface area contributed by atoms with Crippen LogP contribution in [-0.2, 0) is 6.42 Å². The van der Waals surface area contributed by atoms with E-state index in [2.05, 4.69) is 68.2 Å². The molecule has 2 aliphatic heterocycles. The third kappa shape index (κ3) is 4.74. The van der Waals surface area contributed by atoms with Gasteiger partial charge in [-0.3, -0.25) is 4.90 Å². The van der Waals surface area contributed by atoms with Gasteiger partial charge in [0.15, 0.2) is 5.82 Å². The monoisotopic (exact) mass is 480 g/mol. The van der Waals surface area contributed by atoms with Gasteiger partial charge in [0.05, 0.1) is 11.9 Å². The van der Waals surface area contributed by atoms with Gasteiger partial charge in [-0.25, -0.2) is 4.68 Å². The minimum atomic E-state index is 0. The molecule has 2 aromatic heterocycles. The molecule has 1 unspecified atom stereocenters. The Morgan fingerprint density at radius 2 is 2.00 bits per heavy atom. The van der Waals surface area contributed by atoms with Gasteiger partial charge in [0.2, 0.25) is 5.95 Å². The quantitative estimate of drug-likeness (QED) is 0.600. The van der Waals surface area contributed by atoms with Gasteiger partial charge in [0, 0.05) is 63.6 Å². The number of nitrogens with zero attached hydrogens (tertiary/aromatic N) is 7. The number of para-hydroxylation sites is 1. The molecule has 4 heterocycles. The zero-order valence-corrected chi connectivity index (χ0v) is 20.9. The van der Waals surface area contributed by atoms with Gasteiger partial charge in [-0.15, -0.1) is 12.4 Å². The Morgan fingerprint density at radius 3 is 2.82 bits per heavy atom. The highest BCUT2D eigenvalue weighted by Gasteiger charge is 2.30. The van der Waals surface area contributed by atoms with Crippen molar-refractivity contribution in [2.75, 3.05) is 55.8 Å². The van der Waals surface area contributed by atoms with Crippen LogP contribution in [0.25, 0.3) is 11.9 Å². The maximum atomic E-state index is 5.91. The molecule has 3 aromatic rings. The van der Waals surface area contributed by atoms with E-state index in [9.17, 15) is 0 Å². The first kappa shape index (κ1) is 24.0. The number of nitrogen functional groups attached to an aromatic ring is 1. The number of piperazine rings is 1. The van der Waals surface area contributed by atoms with E-state index in [1.807, 2.05) is 35.9 Å². The smallest absolute Gasteiger partial charge is 0.224 e. The van der Waals surface area contributed by atoms with Crippen LogP contribution in [0.3, 0.4) is 0 Å². The number of hydrogen-bond donors (Lipinski definition) is 1. The van der Waals surface area contributed by atoms with Crippen LogP contribution in [0.5, 0.6) is 0 Å². The van der Waals surface area contributed by atoms with Gasteiger partial charge in [0.25, 0.3) is 0 Å². The minimum Gasteiger partial charge on any atom is -0.368 e. The Kier molecular flexibility index (Phi) is 7.09. The molecular weight excluding hydrogens is 448 g/mol. The van der Waals surface area contributed by atoms with Gasteiger partial charge < -0.3 is 15.5 Å². The number of aromatic nitrogens is 4. The molecule has 8 nitrogen and oxygen atoms in total. The molecule has 0 spiro atoms. The molecule has 0 radical (unpaired) electrons. The topological polar surface area (TPSA) is 79.3 Å². The summed E-state index contributed by atoms with van der Waals surface area (Å²) in [5.41, 5.74) is 11.0. The summed E-state index contributed by atoms with van der Waals surface area (Å²) in [4.78, 5) is 15.7. The lowest BCUT2D eigenvalue weighted by Gasteiger charge is -2.46. The molecule has 2 N–H and O–H groups in total. The van der Waals surface area contributed by atoms with Crippen LogP contribution < -0.4 is 15.5 Å². The highest BCUT2D eigenvalue weighted by Crippen LogP contribution is 2.32. The molecule has 9 heteroatoms. The molecule has 0 aliphatic carbocycles. The number of fused-ring (bicyclic) bond motifs is 3. The second-order valence-corrected chi connectivity index (χ2v) is 9.11. The van der Waals surface area contributed by atoms with Crippen LogP contribution in [-0.4, -0.2) is 71.0 Å². The van der Waals surface area contributed by atoms with Gasteiger partial charge in [-0.05, 0) is 31.4 Å². The molecule has 1 aromatic carbocycles. The summed E-state index contributed by atoms with van der Waals surface area (Å²) in [6.45, 7) is 6.29. The maximum absolute atomic E-state index is 5.91. The van der Waals surface area contributed by atoms with Crippen molar-refractivity contribution in [2.24, 2.45) is 0 Å². The lowest BCUT2D eigenvalue weighted by atomic mass is 9.94. The number of rotatable bonds is 5. The molecule has 5 rings (SSSR count). The average molecular weight is 481 g/mol. The Bertz CT molecular complexity index is 1170. The van der Waals surface area contributed by atoms with Crippen LogP contribution >= 0.6 is 12.4 Å². The van der Waals surface area contributed by atoms with E-state index in [0.717, 1.165) is 43.3 Å². The molecule has 2 aliphatic rings. The average Bonchev–Trinajstić information content (AvgIpc) is 3.18. The number of anilines is 3. The van der Waals surface area contributed by atoms with Crippen molar-refractivity contribution in [2.45, 2.75) is 25.8 Å². The van der Waals surface area contributed by atoms with Crippen LogP contribution in [0.2, 0.25) is 0 Å². The highest BCUT2D eigenvalue weighted by molar-refractivity contribution is 5.85. The van der Waals surface area contributed by atoms with Crippen molar-refractivity contribution in [1.29, 1.82) is 0 Å². The predicted octanol–water partition coefficient (Wildman–Crippen LogP) is 3.19. The van der Waals surface area contributed by atoms with Crippen molar-refractivity contribution in [3.63, 3.8) is 0 Å². The third-order valence-electron chi connectivity index (χ3n) is 6.72. The lowest BCUT2D eigenvalue weighted by molar-refractivity contribution is 0.234. The zero-order valence-electron chi connectivity index (χ0n) is 20.1. The van der Waals surface area contributed by atoms with E-state index in [1.165, 1.54) is 24.1 Å². The summed E-state index contributed by atoms with van der Waals surface area (Å²) >= 11 is 0. The van der Waals surface area contributed by atoms with Crippen LogP contribution in [0.15, 0.2) is 42.6 Å². The van der Waals surface area contributed by atoms with Crippen LogP contribution in [0, 0.1) is 6.92 Å². The van der Waals surface area contributed by atoms with Gasteiger partial charge in [-0.2, -0.15) is 15.1 Å². The summed E-state index contributed by atoms with van der Waals surface area (Å²) in [5.74, 6) is 1.68. The van der Waals surface area contributed by atoms with Crippen LogP contribution in [0.4, 0.5) is 17.5 Å². The number of hydrogen-bond acceptors (Lipinski definition) is 7. The summed E-state index contributed by atoms with van der Waals surface area (Å²) in [6.07, 6.45) is 8.72. The van der Waals surface area contributed by atoms with Crippen molar-refractivity contribution in [1.82, 2.24) is 24.6 Å². The fraction of sp³-hybridized carbons (Fsp3) is 0.400. The molecule has 180 valence electrons. The fourth-order valence-electron chi connectivity index (χ4n) is 4.90. The second kappa shape index (κ2) is 10.0. The standard InChI is InChI=1S/C25H32N8.ClH/c1-18-20(16-27-33(18)24-15-23(30(2)3)28-25(26)29-24)8-6-12-31-13-14-32-21(17-31)11-10-19-7-4-5-9-22(19)32;/h4-9,15-16,21H,10-14,17H2,1-3H3,(H2,26,28,29);1H/b8-6+;. The minimum absolute atomic E-state index is 0. The molecule has 1 fully saturated rings. The van der Waals surface area contributed by atoms with E-state index in [1.54, 1.807) is 0 Å². The first-order valence-electron chi connectivity index (χ1n) is 11.6. The van der Waals surface area contributed by atoms with E-state index in [4.69, 9.17) is 5.73 Å². The summed E-state index contributed by atoms with van der Waals surface area (Å²) in [7, 11) is 3.86.